The fourth-order valence-electron chi connectivity index (χ4n) is 2.03. The maximum atomic E-state index is 10.4. The van der Waals surface area contributed by atoms with E-state index >= 15 is 0 Å². The summed E-state index contributed by atoms with van der Waals surface area (Å²) in [5, 5.41) is 20.1. The molecule has 0 spiro atoms. The van der Waals surface area contributed by atoms with Gasteiger partial charge in [0, 0.05) is 12.0 Å². The minimum Gasteiger partial charge on any atom is -0.392 e. The summed E-state index contributed by atoms with van der Waals surface area (Å²) in [7, 11) is 0. The summed E-state index contributed by atoms with van der Waals surface area (Å²) < 4.78 is 0. The van der Waals surface area contributed by atoms with Gasteiger partial charge in [0.15, 0.2) is 0 Å². The zero-order chi connectivity index (χ0) is 14.8. The molecule has 0 aliphatic rings. The molecule has 0 aromatic carbocycles. The molecule has 0 aromatic heterocycles. The molecule has 0 saturated heterocycles. The Hall–Kier alpha value is -1.13. The van der Waals surface area contributed by atoms with E-state index in [2.05, 4.69) is 6.92 Å². The van der Waals surface area contributed by atoms with Crippen molar-refractivity contribution in [1.29, 1.82) is 0 Å². The van der Waals surface area contributed by atoms with Crippen LogP contribution in [0, 0.1) is 11.8 Å². The normalized spacial score (nSPS) is 18.6. The van der Waals surface area contributed by atoms with Gasteiger partial charge in [-0.2, -0.15) is 0 Å². The Morgan fingerprint density at radius 2 is 1.89 bits per heavy atom. The first-order valence-corrected chi connectivity index (χ1v) is 6.88. The number of aliphatic hydroxyl groups excluding tert-OH is 2. The van der Waals surface area contributed by atoms with Crippen LogP contribution in [0.15, 0.2) is 24.3 Å². The summed E-state index contributed by atoms with van der Waals surface area (Å²) >= 11 is 0. The van der Waals surface area contributed by atoms with Crippen LogP contribution in [-0.2, 0) is 4.79 Å². The van der Waals surface area contributed by atoms with E-state index in [0.29, 0.717) is 6.42 Å². The Morgan fingerprint density at radius 3 is 2.42 bits per heavy atom. The number of rotatable bonds is 9. The van der Waals surface area contributed by atoms with Gasteiger partial charge >= 0.3 is 0 Å². The Kier molecular flexibility index (Phi) is 9.17. The molecule has 0 radical (unpaired) electrons. The van der Waals surface area contributed by atoms with Crippen LogP contribution in [0.2, 0.25) is 0 Å². The van der Waals surface area contributed by atoms with E-state index in [1.165, 1.54) is 12.2 Å². The maximum Gasteiger partial charge on any atom is 0.241 e. The molecule has 0 heterocycles. The summed E-state index contributed by atoms with van der Waals surface area (Å²) in [5.41, 5.74) is 4.94. The summed E-state index contributed by atoms with van der Waals surface area (Å²) in [4.78, 5) is 10.4. The summed E-state index contributed by atoms with van der Waals surface area (Å²) in [6, 6.07) is 0. The van der Waals surface area contributed by atoms with Crippen molar-refractivity contribution in [2.45, 2.75) is 52.2 Å². The van der Waals surface area contributed by atoms with E-state index in [1.807, 2.05) is 13.8 Å². The van der Waals surface area contributed by atoms with Crippen molar-refractivity contribution in [2.24, 2.45) is 17.6 Å². The molecule has 4 atom stereocenters. The molecule has 0 rings (SSSR count). The van der Waals surface area contributed by atoms with Gasteiger partial charge in [0.1, 0.15) is 0 Å². The van der Waals surface area contributed by atoms with Gasteiger partial charge in [0.05, 0.1) is 12.2 Å². The number of hydrogen-bond donors (Lipinski definition) is 3. The molecule has 0 saturated carbocycles. The lowest BCUT2D eigenvalue weighted by atomic mass is 9.86. The van der Waals surface area contributed by atoms with E-state index in [0.717, 1.165) is 12.8 Å². The lowest BCUT2D eigenvalue weighted by Crippen LogP contribution is -2.33. The summed E-state index contributed by atoms with van der Waals surface area (Å²) in [6.45, 7) is 5.94. The van der Waals surface area contributed by atoms with Gasteiger partial charge in [-0.25, -0.2) is 0 Å². The molecule has 0 aliphatic carbocycles. The molecule has 0 aliphatic heterocycles. The smallest absolute Gasteiger partial charge is 0.241 e. The van der Waals surface area contributed by atoms with Crippen LogP contribution in [0.5, 0.6) is 0 Å². The highest BCUT2D eigenvalue weighted by Gasteiger charge is 2.25. The highest BCUT2D eigenvalue weighted by Crippen LogP contribution is 2.21. The van der Waals surface area contributed by atoms with E-state index in [9.17, 15) is 15.0 Å². The fraction of sp³-hybridized carbons (Fsp3) is 0.667. The van der Waals surface area contributed by atoms with Gasteiger partial charge in [-0.1, -0.05) is 45.4 Å². The SMILES string of the molecule is CCCC(C)C(O)C(C)C(O)C/C=C/C=C\C(N)=O. The lowest BCUT2D eigenvalue weighted by molar-refractivity contribution is -0.113. The second-order valence-corrected chi connectivity index (χ2v) is 5.11. The van der Waals surface area contributed by atoms with Crippen molar-refractivity contribution in [3.63, 3.8) is 0 Å². The standard InChI is InChI=1S/C15H27NO3/c1-4-8-11(2)15(19)12(3)13(17)9-6-5-7-10-14(16)18/h5-7,10-13,15,17,19H,4,8-9H2,1-3H3,(H2,16,18)/b6-5+,10-7-. The van der Waals surface area contributed by atoms with Crippen LogP contribution >= 0.6 is 0 Å². The maximum absolute atomic E-state index is 10.4. The molecule has 4 nitrogen and oxygen atoms in total. The fourth-order valence-corrected chi connectivity index (χ4v) is 2.03. The third-order valence-corrected chi connectivity index (χ3v) is 3.36. The second kappa shape index (κ2) is 9.75. The van der Waals surface area contributed by atoms with Crippen molar-refractivity contribution in [1.82, 2.24) is 0 Å². The van der Waals surface area contributed by atoms with E-state index in [-0.39, 0.29) is 11.8 Å². The minimum absolute atomic E-state index is 0.175. The van der Waals surface area contributed by atoms with Crippen LogP contribution in [0.3, 0.4) is 0 Å². The zero-order valence-electron chi connectivity index (χ0n) is 12.1. The third-order valence-electron chi connectivity index (χ3n) is 3.36. The topological polar surface area (TPSA) is 83.6 Å². The monoisotopic (exact) mass is 269 g/mol. The number of hydrogen-bond acceptors (Lipinski definition) is 3. The van der Waals surface area contributed by atoms with Crippen LogP contribution < -0.4 is 5.73 Å². The van der Waals surface area contributed by atoms with Gasteiger partial charge < -0.3 is 15.9 Å². The van der Waals surface area contributed by atoms with Crippen molar-refractivity contribution in [3.05, 3.63) is 24.3 Å². The number of carbonyl (C=O) groups is 1. The predicted octanol–water partition coefficient (Wildman–Crippen LogP) is 1.77. The molecule has 4 N–H and O–H groups in total. The van der Waals surface area contributed by atoms with Crippen molar-refractivity contribution >= 4 is 5.91 Å². The molecule has 0 aromatic rings. The quantitative estimate of drug-likeness (QED) is 0.440. The molecule has 1 amide bonds. The average Bonchev–Trinajstić information content (AvgIpc) is 2.36. The molecule has 4 heteroatoms. The Balaban J connectivity index is 4.18. The number of primary amides is 1. The summed E-state index contributed by atoms with van der Waals surface area (Å²) in [5.74, 6) is -0.484. The molecular formula is C15H27NO3. The first kappa shape index (κ1) is 17.9. The van der Waals surface area contributed by atoms with Crippen molar-refractivity contribution in [2.75, 3.05) is 0 Å². The van der Waals surface area contributed by atoms with Crippen LogP contribution in [0.1, 0.15) is 40.0 Å². The van der Waals surface area contributed by atoms with Gasteiger partial charge in [0.2, 0.25) is 5.91 Å². The van der Waals surface area contributed by atoms with Gasteiger partial charge in [-0.3, -0.25) is 4.79 Å². The molecular weight excluding hydrogens is 242 g/mol. The van der Waals surface area contributed by atoms with Gasteiger partial charge in [-0.05, 0) is 18.8 Å². The Bertz CT molecular complexity index is 313. The first-order valence-electron chi connectivity index (χ1n) is 6.88. The van der Waals surface area contributed by atoms with E-state index < -0.39 is 18.1 Å². The highest BCUT2D eigenvalue weighted by atomic mass is 16.3. The number of aliphatic hydroxyl groups is 2. The van der Waals surface area contributed by atoms with Crippen LogP contribution in [-0.4, -0.2) is 28.3 Å². The Morgan fingerprint density at radius 1 is 1.26 bits per heavy atom. The zero-order valence-corrected chi connectivity index (χ0v) is 12.1. The molecule has 110 valence electrons. The van der Waals surface area contributed by atoms with E-state index in [1.54, 1.807) is 12.2 Å². The minimum atomic E-state index is -0.590. The van der Waals surface area contributed by atoms with Crippen LogP contribution in [0.25, 0.3) is 0 Å². The molecule has 0 fully saturated rings. The molecule has 19 heavy (non-hydrogen) atoms. The van der Waals surface area contributed by atoms with Crippen molar-refractivity contribution in [3.8, 4) is 0 Å². The Labute approximate surface area is 116 Å². The predicted molar refractivity (Wildman–Crippen MR) is 77.3 cm³/mol. The number of amides is 1. The van der Waals surface area contributed by atoms with Gasteiger partial charge in [-0.15, -0.1) is 0 Å². The van der Waals surface area contributed by atoms with E-state index in [4.69, 9.17) is 5.73 Å². The molecule has 4 unspecified atom stereocenters. The number of allylic oxidation sites excluding steroid dienone is 2. The number of carbonyl (C=O) groups excluding carboxylic acids is 1. The summed E-state index contributed by atoms with van der Waals surface area (Å²) in [6.07, 6.45) is 7.56. The second-order valence-electron chi connectivity index (χ2n) is 5.11. The van der Waals surface area contributed by atoms with Crippen molar-refractivity contribution < 1.29 is 15.0 Å². The molecule has 0 bridgehead atoms. The largest absolute Gasteiger partial charge is 0.392 e. The number of nitrogens with two attached hydrogens (primary N) is 1. The third kappa shape index (κ3) is 7.80. The van der Waals surface area contributed by atoms with Gasteiger partial charge in [0.25, 0.3) is 0 Å². The van der Waals surface area contributed by atoms with Crippen LogP contribution in [0.4, 0.5) is 0 Å². The lowest BCUT2D eigenvalue weighted by Gasteiger charge is -2.27. The highest BCUT2D eigenvalue weighted by molar-refractivity contribution is 5.85. The first-order chi connectivity index (χ1) is 8.90. The average molecular weight is 269 g/mol.